The van der Waals surface area contributed by atoms with Gasteiger partial charge in [0.25, 0.3) is 0 Å². The van der Waals surface area contributed by atoms with Gasteiger partial charge in [-0.2, -0.15) is 0 Å². The smallest absolute Gasteiger partial charge is 0.131 e. The third kappa shape index (κ3) is 2.06. The number of carbonyl (C=O) groups is 1. The van der Waals surface area contributed by atoms with Crippen LogP contribution in [0.4, 0.5) is 0 Å². The highest BCUT2D eigenvalue weighted by Gasteiger charge is 2.40. The number of aromatic nitrogens is 1. The molecule has 1 aliphatic rings. The van der Waals surface area contributed by atoms with Crippen LogP contribution in [-0.2, 0) is 10.2 Å². The molecule has 110 valence electrons. The topological polar surface area (TPSA) is 44.9 Å². The van der Waals surface area contributed by atoms with E-state index in [0.29, 0.717) is 6.54 Å². The second-order valence-electron chi connectivity index (χ2n) is 6.10. The van der Waals surface area contributed by atoms with Crippen LogP contribution in [0, 0.1) is 0 Å². The first-order valence-corrected chi connectivity index (χ1v) is 7.63. The van der Waals surface area contributed by atoms with Crippen LogP contribution in [-0.4, -0.2) is 17.8 Å². The largest absolute Gasteiger partial charge is 0.361 e. The first kappa shape index (κ1) is 13.3. The molecule has 1 saturated heterocycles. The number of carbonyl (C=O) groups excluding carboxylic acids is 1. The molecular weight excluding hydrogens is 272 g/mol. The number of rotatable bonds is 3. The van der Waals surface area contributed by atoms with Crippen LogP contribution >= 0.6 is 0 Å². The van der Waals surface area contributed by atoms with E-state index in [1.165, 1.54) is 10.9 Å². The number of benzene rings is 2. The molecule has 4 rings (SSSR count). The maximum absolute atomic E-state index is 11.8. The maximum atomic E-state index is 11.8. The predicted octanol–water partition coefficient (Wildman–Crippen LogP) is 3.34. The summed E-state index contributed by atoms with van der Waals surface area (Å²) in [4.78, 5) is 15.0. The summed E-state index contributed by atoms with van der Waals surface area (Å²) < 4.78 is 0. The molecule has 1 aromatic heterocycles. The zero-order valence-electron chi connectivity index (χ0n) is 12.3. The molecule has 0 aliphatic carbocycles. The molecule has 0 amide bonds. The molecule has 2 heterocycles. The van der Waals surface area contributed by atoms with Crippen LogP contribution < -0.4 is 5.32 Å². The molecule has 0 radical (unpaired) electrons. The van der Waals surface area contributed by atoms with Gasteiger partial charge in [-0.25, -0.2) is 0 Å². The minimum Gasteiger partial charge on any atom is -0.361 e. The molecule has 2 unspecified atom stereocenters. The minimum atomic E-state index is -0.418. The van der Waals surface area contributed by atoms with E-state index in [-0.39, 0.29) is 6.04 Å². The van der Waals surface area contributed by atoms with E-state index in [4.69, 9.17) is 0 Å². The lowest BCUT2D eigenvalue weighted by molar-refractivity contribution is -0.112. The lowest BCUT2D eigenvalue weighted by atomic mass is 9.79. The minimum absolute atomic E-state index is 0.213. The zero-order valence-corrected chi connectivity index (χ0v) is 12.3. The summed E-state index contributed by atoms with van der Waals surface area (Å²) in [7, 11) is 0. The Kier molecular flexibility index (Phi) is 3.09. The Morgan fingerprint density at radius 1 is 1.09 bits per heavy atom. The summed E-state index contributed by atoms with van der Waals surface area (Å²) in [5, 5.41) is 4.74. The second-order valence-corrected chi connectivity index (χ2v) is 6.10. The SMILES string of the molecule is O=CC1(c2ccccc2)CNC(c2ccc3[nH]ccc3c2)C1. The number of nitrogens with one attached hydrogen (secondary N) is 2. The van der Waals surface area contributed by atoms with Crippen molar-refractivity contribution >= 4 is 17.2 Å². The van der Waals surface area contributed by atoms with Gasteiger partial charge in [0.2, 0.25) is 0 Å². The molecule has 2 atom stereocenters. The highest BCUT2D eigenvalue weighted by Crippen LogP contribution is 2.38. The van der Waals surface area contributed by atoms with Gasteiger partial charge in [0, 0.05) is 24.3 Å². The van der Waals surface area contributed by atoms with Crippen LogP contribution in [0.25, 0.3) is 10.9 Å². The Balaban J connectivity index is 1.67. The Morgan fingerprint density at radius 2 is 1.95 bits per heavy atom. The van der Waals surface area contributed by atoms with Crippen molar-refractivity contribution in [1.29, 1.82) is 0 Å². The summed E-state index contributed by atoms with van der Waals surface area (Å²) in [6.07, 6.45) is 3.87. The Morgan fingerprint density at radius 3 is 2.77 bits per heavy atom. The van der Waals surface area contributed by atoms with Crippen molar-refractivity contribution < 1.29 is 4.79 Å². The zero-order chi connectivity index (χ0) is 15.0. The molecule has 22 heavy (non-hydrogen) atoms. The molecule has 1 fully saturated rings. The standard InChI is InChI=1S/C19H18N2O/c22-13-19(16-4-2-1-3-5-16)11-18(21-12-19)14-6-7-17-15(10-14)8-9-20-17/h1-10,13,18,20-21H,11-12H2. The molecule has 3 nitrogen and oxygen atoms in total. The van der Waals surface area contributed by atoms with Gasteiger partial charge in [0.05, 0.1) is 5.41 Å². The van der Waals surface area contributed by atoms with Gasteiger partial charge in [-0.15, -0.1) is 0 Å². The molecule has 0 bridgehead atoms. The number of aromatic amines is 1. The van der Waals surface area contributed by atoms with Crippen molar-refractivity contribution in [1.82, 2.24) is 10.3 Å². The third-order valence-corrected chi connectivity index (χ3v) is 4.79. The number of fused-ring (bicyclic) bond motifs is 1. The fourth-order valence-corrected chi connectivity index (χ4v) is 3.49. The fourth-order valence-electron chi connectivity index (χ4n) is 3.49. The molecule has 0 saturated carbocycles. The van der Waals surface area contributed by atoms with E-state index in [9.17, 15) is 4.79 Å². The predicted molar refractivity (Wildman–Crippen MR) is 87.8 cm³/mol. The first-order valence-electron chi connectivity index (χ1n) is 7.63. The van der Waals surface area contributed by atoms with Crippen LogP contribution in [0.15, 0.2) is 60.8 Å². The number of hydrogen-bond donors (Lipinski definition) is 2. The van der Waals surface area contributed by atoms with Gasteiger partial charge < -0.3 is 15.1 Å². The molecular formula is C19H18N2O. The highest BCUT2D eigenvalue weighted by molar-refractivity contribution is 5.80. The van der Waals surface area contributed by atoms with Crippen molar-refractivity contribution in [3.05, 3.63) is 71.9 Å². The van der Waals surface area contributed by atoms with Crippen molar-refractivity contribution in [3.63, 3.8) is 0 Å². The van der Waals surface area contributed by atoms with Gasteiger partial charge >= 0.3 is 0 Å². The quantitative estimate of drug-likeness (QED) is 0.727. The van der Waals surface area contributed by atoms with Gasteiger partial charge in [-0.3, -0.25) is 0 Å². The molecule has 1 aliphatic heterocycles. The van der Waals surface area contributed by atoms with Crippen LogP contribution in [0.1, 0.15) is 23.6 Å². The van der Waals surface area contributed by atoms with E-state index in [1.54, 1.807) is 0 Å². The Bertz CT molecular complexity index is 808. The number of aldehydes is 1. The van der Waals surface area contributed by atoms with E-state index in [1.807, 2.05) is 36.5 Å². The summed E-state index contributed by atoms with van der Waals surface area (Å²) in [5.41, 5.74) is 3.07. The van der Waals surface area contributed by atoms with Gasteiger partial charge in [-0.1, -0.05) is 36.4 Å². The normalized spacial score (nSPS) is 24.6. The molecule has 2 aromatic carbocycles. The highest BCUT2D eigenvalue weighted by atomic mass is 16.1. The summed E-state index contributed by atoms with van der Waals surface area (Å²) >= 11 is 0. The van der Waals surface area contributed by atoms with Crippen LogP contribution in [0.5, 0.6) is 0 Å². The average Bonchev–Trinajstić information content (AvgIpc) is 3.22. The van der Waals surface area contributed by atoms with Gasteiger partial charge in [-0.05, 0) is 41.1 Å². The molecule has 0 spiro atoms. The molecule has 3 heteroatoms. The van der Waals surface area contributed by atoms with Gasteiger partial charge in [0.15, 0.2) is 0 Å². The monoisotopic (exact) mass is 290 g/mol. The van der Waals surface area contributed by atoms with Crippen molar-refractivity contribution in [2.75, 3.05) is 6.54 Å². The van der Waals surface area contributed by atoms with E-state index in [2.05, 4.69) is 34.6 Å². The number of hydrogen-bond acceptors (Lipinski definition) is 2. The lowest BCUT2D eigenvalue weighted by Crippen LogP contribution is -2.30. The Hall–Kier alpha value is -2.39. The third-order valence-electron chi connectivity index (χ3n) is 4.79. The molecule has 3 aromatic rings. The fraction of sp³-hybridized carbons (Fsp3) is 0.211. The molecule has 2 N–H and O–H groups in total. The van der Waals surface area contributed by atoms with Crippen LogP contribution in [0.3, 0.4) is 0 Å². The lowest BCUT2D eigenvalue weighted by Gasteiger charge is -2.22. The van der Waals surface area contributed by atoms with Gasteiger partial charge in [0.1, 0.15) is 6.29 Å². The summed E-state index contributed by atoms with van der Waals surface area (Å²) in [5.74, 6) is 0. The summed E-state index contributed by atoms with van der Waals surface area (Å²) in [6, 6.07) is 18.8. The van der Waals surface area contributed by atoms with Crippen molar-refractivity contribution in [3.8, 4) is 0 Å². The van der Waals surface area contributed by atoms with Crippen molar-refractivity contribution in [2.24, 2.45) is 0 Å². The van der Waals surface area contributed by atoms with Crippen LogP contribution in [0.2, 0.25) is 0 Å². The average molecular weight is 290 g/mol. The Labute approximate surface area is 129 Å². The van der Waals surface area contributed by atoms with E-state index in [0.717, 1.165) is 23.8 Å². The maximum Gasteiger partial charge on any atom is 0.131 e. The summed E-state index contributed by atoms with van der Waals surface area (Å²) in [6.45, 7) is 0.691. The second kappa shape index (κ2) is 5.11. The number of H-pyrrole nitrogens is 1. The van der Waals surface area contributed by atoms with E-state index >= 15 is 0 Å². The van der Waals surface area contributed by atoms with Crippen molar-refractivity contribution in [2.45, 2.75) is 17.9 Å². The first-order chi connectivity index (χ1) is 10.8. The van der Waals surface area contributed by atoms with E-state index < -0.39 is 5.41 Å².